The summed E-state index contributed by atoms with van der Waals surface area (Å²) in [6, 6.07) is 12.2. The maximum absolute atomic E-state index is 11.8. The second kappa shape index (κ2) is 7.31. The molecule has 0 atom stereocenters. The van der Waals surface area contributed by atoms with Crippen molar-refractivity contribution in [3.63, 3.8) is 0 Å². The Kier molecular flexibility index (Phi) is 5.44. The molecule has 0 heterocycles. The van der Waals surface area contributed by atoms with Gasteiger partial charge in [0.05, 0.1) is 15.7 Å². The molecule has 0 saturated heterocycles. The van der Waals surface area contributed by atoms with E-state index < -0.39 is 0 Å². The zero-order valence-corrected chi connectivity index (χ0v) is 12.6. The molecular weight excluding hydrogens is 311 g/mol. The fourth-order valence-electron chi connectivity index (χ4n) is 1.68. The van der Waals surface area contributed by atoms with Crippen molar-refractivity contribution >= 4 is 34.8 Å². The van der Waals surface area contributed by atoms with Gasteiger partial charge in [0.15, 0.2) is 6.61 Å². The SMILES string of the molecule is NCc1ccc(OCC(=O)Nc2ccccc2Cl)c(Cl)c1. The lowest BCUT2D eigenvalue weighted by molar-refractivity contribution is -0.118. The van der Waals surface area contributed by atoms with E-state index in [1.807, 2.05) is 0 Å². The molecule has 6 heteroatoms. The quantitative estimate of drug-likeness (QED) is 0.885. The van der Waals surface area contributed by atoms with Gasteiger partial charge in [0, 0.05) is 6.54 Å². The molecular formula is C15H14Cl2N2O2. The Balaban J connectivity index is 1.94. The Labute approximate surface area is 132 Å². The summed E-state index contributed by atoms with van der Waals surface area (Å²) in [5.41, 5.74) is 6.95. The number of carbonyl (C=O) groups excluding carboxylic acids is 1. The molecule has 0 aliphatic carbocycles. The minimum absolute atomic E-state index is 0.160. The van der Waals surface area contributed by atoms with E-state index >= 15 is 0 Å². The fourth-order valence-corrected chi connectivity index (χ4v) is 2.12. The first kappa shape index (κ1) is 15.6. The maximum atomic E-state index is 11.8. The lowest BCUT2D eigenvalue weighted by Gasteiger charge is -2.10. The highest BCUT2D eigenvalue weighted by atomic mass is 35.5. The molecule has 2 rings (SSSR count). The van der Waals surface area contributed by atoms with E-state index in [2.05, 4.69) is 5.32 Å². The van der Waals surface area contributed by atoms with E-state index in [1.54, 1.807) is 42.5 Å². The topological polar surface area (TPSA) is 64.3 Å². The predicted octanol–water partition coefficient (Wildman–Crippen LogP) is 3.47. The van der Waals surface area contributed by atoms with Crippen molar-refractivity contribution < 1.29 is 9.53 Å². The minimum atomic E-state index is -0.318. The molecule has 0 fully saturated rings. The van der Waals surface area contributed by atoms with Crippen LogP contribution in [0.1, 0.15) is 5.56 Å². The average Bonchev–Trinajstić information content (AvgIpc) is 2.48. The van der Waals surface area contributed by atoms with Gasteiger partial charge in [-0.1, -0.05) is 41.4 Å². The summed E-state index contributed by atoms with van der Waals surface area (Å²) >= 11 is 12.0. The molecule has 0 aromatic heterocycles. The molecule has 1 amide bonds. The number of hydrogen-bond acceptors (Lipinski definition) is 3. The Morgan fingerprint density at radius 3 is 2.57 bits per heavy atom. The highest BCUT2D eigenvalue weighted by Gasteiger charge is 2.08. The summed E-state index contributed by atoms with van der Waals surface area (Å²) < 4.78 is 5.38. The highest BCUT2D eigenvalue weighted by Crippen LogP contribution is 2.25. The van der Waals surface area contributed by atoms with Crippen LogP contribution in [0.3, 0.4) is 0 Å². The number of nitrogens with one attached hydrogen (secondary N) is 1. The maximum Gasteiger partial charge on any atom is 0.262 e. The van der Waals surface area contributed by atoms with Gasteiger partial charge in [-0.15, -0.1) is 0 Å². The normalized spacial score (nSPS) is 10.2. The molecule has 0 spiro atoms. The van der Waals surface area contributed by atoms with Gasteiger partial charge in [-0.3, -0.25) is 4.79 Å². The summed E-state index contributed by atoms with van der Waals surface area (Å²) in [7, 11) is 0. The molecule has 3 N–H and O–H groups in total. The van der Waals surface area contributed by atoms with Crippen molar-refractivity contribution in [1.82, 2.24) is 0 Å². The van der Waals surface area contributed by atoms with E-state index in [9.17, 15) is 4.79 Å². The van der Waals surface area contributed by atoms with Crippen LogP contribution in [0.4, 0.5) is 5.69 Å². The molecule has 4 nitrogen and oxygen atoms in total. The number of ether oxygens (including phenoxy) is 1. The van der Waals surface area contributed by atoms with Crippen LogP contribution in [-0.2, 0) is 11.3 Å². The Hall–Kier alpha value is -1.75. The van der Waals surface area contributed by atoms with E-state index in [0.29, 0.717) is 28.0 Å². The lowest BCUT2D eigenvalue weighted by atomic mass is 10.2. The predicted molar refractivity (Wildman–Crippen MR) is 84.9 cm³/mol. The van der Waals surface area contributed by atoms with Gasteiger partial charge in [0.1, 0.15) is 5.75 Å². The smallest absolute Gasteiger partial charge is 0.262 e. The molecule has 2 aromatic rings. The second-order valence-corrected chi connectivity index (χ2v) is 5.10. The lowest BCUT2D eigenvalue weighted by Crippen LogP contribution is -2.20. The standard InChI is InChI=1S/C15H14Cl2N2O2/c16-11-3-1-2-4-13(11)19-15(20)9-21-14-6-5-10(8-18)7-12(14)17/h1-7H,8-9,18H2,(H,19,20). The van der Waals surface area contributed by atoms with Crippen LogP contribution >= 0.6 is 23.2 Å². The first-order valence-corrected chi connectivity index (χ1v) is 7.01. The zero-order chi connectivity index (χ0) is 15.2. The Bertz CT molecular complexity index is 647. The number of rotatable bonds is 5. The van der Waals surface area contributed by atoms with Crippen molar-refractivity contribution in [2.24, 2.45) is 5.73 Å². The molecule has 0 unspecified atom stereocenters. The largest absolute Gasteiger partial charge is 0.482 e. The van der Waals surface area contributed by atoms with Crippen LogP contribution in [0.2, 0.25) is 10.0 Å². The number of nitrogens with two attached hydrogens (primary N) is 1. The van der Waals surface area contributed by atoms with Crippen LogP contribution in [-0.4, -0.2) is 12.5 Å². The summed E-state index contributed by atoms with van der Waals surface area (Å²) in [6.45, 7) is 0.236. The number of halogens is 2. The number of benzene rings is 2. The van der Waals surface area contributed by atoms with E-state index in [0.717, 1.165) is 5.56 Å². The molecule has 0 radical (unpaired) electrons. The first-order chi connectivity index (χ1) is 10.1. The monoisotopic (exact) mass is 324 g/mol. The molecule has 0 aliphatic rings. The molecule has 0 saturated carbocycles. The summed E-state index contributed by atoms with van der Waals surface area (Å²) in [5, 5.41) is 3.55. The summed E-state index contributed by atoms with van der Waals surface area (Å²) in [5.74, 6) is 0.116. The van der Waals surface area contributed by atoms with Crippen molar-refractivity contribution in [2.45, 2.75) is 6.54 Å². The third-order valence-corrected chi connectivity index (χ3v) is 3.36. The minimum Gasteiger partial charge on any atom is -0.482 e. The van der Waals surface area contributed by atoms with Gasteiger partial charge >= 0.3 is 0 Å². The number of amides is 1. The molecule has 2 aromatic carbocycles. The van der Waals surface area contributed by atoms with Crippen LogP contribution in [0, 0.1) is 0 Å². The first-order valence-electron chi connectivity index (χ1n) is 6.26. The number of carbonyl (C=O) groups is 1. The zero-order valence-electron chi connectivity index (χ0n) is 11.1. The van der Waals surface area contributed by atoms with Crippen LogP contribution in [0.25, 0.3) is 0 Å². The van der Waals surface area contributed by atoms with Crippen molar-refractivity contribution in [3.05, 3.63) is 58.1 Å². The second-order valence-electron chi connectivity index (χ2n) is 4.29. The van der Waals surface area contributed by atoms with Gasteiger partial charge in [-0.05, 0) is 29.8 Å². The number of para-hydroxylation sites is 1. The van der Waals surface area contributed by atoms with Gasteiger partial charge in [-0.25, -0.2) is 0 Å². The summed E-state index contributed by atoms with van der Waals surface area (Å²) in [4.78, 5) is 11.8. The van der Waals surface area contributed by atoms with Crippen LogP contribution in [0.15, 0.2) is 42.5 Å². The van der Waals surface area contributed by atoms with Gasteiger partial charge in [0.25, 0.3) is 5.91 Å². The van der Waals surface area contributed by atoms with Gasteiger partial charge < -0.3 is 15.8 Å². The van der Waals surface area contributed by atoms with E-state index in [1.165, 1.54) is 0 Å². The highest BCUT2D eigenvalue weighted by molar-refractivity contribution is 6.33. The van der Waals surface area contributed by atoms with Gasteiger partial charge in [0.2, 0.25) is 0 Å². The third kappa shape index (κ3) is 4.36. The average molecular weight is 325 g/mol. The number of hydrogen-bond donors (Lipinski definition) is 2. The van der Waals surface area contributed by atoms with Crippen LogP contribution < -0.4 is 15.8 Å². The summed E-state index contributed by atoms with van der Waals surface area (Å²) in [6.07, 6.45) is 0. The van der Waals surface area contributed by atoms with Crippen molar-refractivity contribution in [2.75, 3.05) is 11.9 Å². The number of anilines is 1. The fraction of sp³-hybridized carbons (Fsp3) is 0.133. The molecule has 0 aliphatic heterocycles. The van der Waals surface area contributed by atoms with Gasteiger partial charge in [-0.2, -0.15) is 0 Å². The van der Waals surface area contributed by atoms with Crippen molar-refractivity contribution in [1.29, 1.82) is 0 Å². The Morgan fingerprint density at radius 1 is 1.14 bits per heavy atom. The van der Waals surface area contributed by atoms with Crippen molar-refractivity contribution in [3.8, 4) is 5.75 Å². The molecule has 110 valence electrons. The van der Waals surface area contributed by atoms with E-state index in [4.69, 9.17) is 33.7 Å². The van der Waals surface area contributed by atoms with Crippen LogP contribution in [0.5, 0.6) is 5.75 Å². The molecule has 21 heavy (non-hydrogen) atoms. The molecule has 0 bridgehead atoms. The van der Waals surface area contributed by atoms with E-state index in [-0.39, 0.29) is 12.5 Å². The Morgan fingerprint density at radius 2 is 1.90 bits per heavy atom. The third-order valence-electron chi connectivity index (χ3n) is 2.74.